The van der Waals surface area contributed by atoms with Crippen LogP contribution < -0.4 is 9.64 Å². The van der Waals surface area contributed by atoms with Crippen LogP contribution in [0.25, 0.3) is 33.2 Å². The van der Waals surface area contributed by atoms with E-state index in [1.165, 1.54) is 5.69 Å². The first kappa shape index (κ1) is 21.9. The van der Waals surface area contributed by atoms with Crippen molar-refractivity contribution in [3.8, 4) is 34.1 Å². The van der Waals surface area contributed by atoms with E-state index in [0.717, 1.165) is 52.0 Å². The fraction of sp³-hybridized carbons (Fsp3) is 0.250. The van der Waals surface area contributed by atoms with Crippen molar-refractivity contribution in [1.82, 2.24) is 9.97 Å². The molecular weight excluding hydrogens is 424 g/mol. The summed E-state index contributed by atoms with van der Waals surface area (Å²) in [5.74, 6) is 0.745. The molecule has 0 N–H and O–H groups in total. The average molecular weight is 451 g/mol. The number of aromatic nitrogens is 2. The van der Waals surface area contributed by atoms with E-state index in [1.54, 1.807) is 31.6 Å². The molecule has 1 aliphatic rings. The van der Waals surface area contributed by atoms with Gasteiger partial charge in [-0.25, -0.2) is 0 Å². The van der Waals surface area contributed by atoms with Crippen LogP contribution in [0, 0.1) is 11.3 Å². The summed E-state index contributed by atoms with van der Waals surface area (Å²) < 4.78 is 11.7. The lowest BCUT2D eigenvalue weighted by Gasteiger charge is -2.36. The maximum atomic E-state index is 9.09. The maximum absolute atomic E-state index is 9.09. The normalized spacial score (nSPS) is 18.0. The van der Waals surface area contributed by atoms with E-state index in [1.807, 2.05) is 18.3 Å². The number of morpholine rings is 1. The minimum atomic E-state index is 0.214. The van der Waals surface area contributed by atoms with E-state index in [0.29, 0.717) is 5.56 Å². The van der Waals surface area contributed by atoms with Crippen molar-refractivity contribution in [3.63, 3.8) is 0 Å². The molecule has 6 heteroatoms. The van der Waals surface area contributed by atoms with Gasteiger partial charge in [0.25, 0.3) is 0 Å². The largest absolute Gasteiger partial charge is 0.495 e. The first-order valence-electron chi connectivity index (χ1n) is 11.4. The molecular formula is C28H26N4O2. The number of nitriles is 1. The molecule has 0 bridgehead atoms. The molecule has 6 nitrogen and oxygen atoms in total. The van der Waals surface area contributed by atoms with Gasteiger partial charge in [0.15, 0.2) is 0 Å². The molecule has 34 heavy (non-hydrogen) atoms. The summed E-state index contributed by atoms with van der Waals surface area (Å²) >= 11 is 0. The van der Waals surface area contributed by atoms with Gasteiger partial charge in [0.05, 0.1) is 41.9 Å². The van der Waals surface area contributed by atoms with Crippen LogP contribution in [0.3, 0.4) is 0 Å². The molecule has 0 amide bonds. The average Bonchev–Trinajstić information content (AvgIpc) is 2.87. The van der Waals surface area contributed by atoms with Crippen molar-refractivity contribution in [3.05, 3.63) is 72.7 Å². The van der Waals surface area contributed by atoms with Crippen molar-refractivity contribution in [2.75, 3.05) is 25.1 Å². The smallest absolute Gasteiger partial charge is 0.139 e. The highest BCUT2D eigenvalue weighted by molar-refractivity contribution is 5.99. The Bertz CT molecular complexity index is 1350. The summed E-state index contributed by atoms with van der Waals surface area (Å²) in [6.45, 7) is 5.99. The Balaban J connectivity index is 1.52. The number of hydrogen-bond donors (Lipinski definition) is 0. The van der Waals surface area contributed by atoms with E-state index in [9.17, 15) is 0 Å². The van der Waals surface area contributed by atoms with Gasteiger partial charge in [-0.05, 0) is 49.2 Å². The van der Waals surface area contributed by atoms with Crippen LogP contribution in [0.2, 0.25) is 0 Å². The predicted octanol–water partition coefficient (Wildman–Crippen LogP) is 5.46. The summed E-state index contributed by atoms with van der Waals surface area (Å²) in [4.78, 5) is 11.6. The van der Waals surface area contributed by atoms with Gasteiger partial charge in [0, 0.05) is 48.5 Å². The SMILES string of the molecule is COc1c(-c2ccc(N3C[C@@H](C)O[C@@H](C)C3)cc2)cnc2c(-c3ccc(C#N)cc3)cncc12. The van der Waals surface area contributed by atoms with Gasteiger partial charge in [-0.2, -0.15) is 5.26 Å². The number of pyridine rings is 2. The molecule has 2 aromatic heterocycles. The van der Waals surface area contributed by atoms with Gasteiger partial charge in [-0.3, -0.25) is 9.97 Å². The van der Waals surface area contributed by atoms with Crippen molar-refractivity contribution in [2.24, 2.45) is 0 Å². The maximum Gasteiger partial charge on any atom is 0.139 e. The Kier molecular flexibility index (Phi) is 5.87. The van der Waals surface area contributed by atoms with Crippen LogP contribution >= 0.6 is 0 Å². The second kappa shape index (κ2) is 9.12. The lowest BCUT2D eigenvalue weighted by molar-refractivity contribution is -0.00521. The summed E-state index contributed by atoms with van der Waals surface area (Å²) in [6, 6.07) is 18.1. The van der Waals surface area contributed by atoms with E-state index in [4.69, 9.17) is 19.7 Å². The standard InChI is InChI=1S/C28H26N4O2/c1-18-16-32(17-19(2)34-18)23-10-8-22(9-11-23)25-15-31-27-24(13-30-14-26(27)28(25)33-3)21-6-4-20(12-29)5-7-21/h4-11,13-15,18-19H,16-17H2,1-3H3/t18-,19+. The van der Waals surface area contributed by atoms with Gasteiger partial charge >= 0.3 is 0 Å². The second-order valence-corrected chi connectivity index (χ2v) is 8.69. The summed E-state index contributed by atoms with van der Waals surface area (Å²) in [5.41, 5.74) is 6.43. The fourth-order valence-electron chi connectivity index (χ4n) is 4.69. The Labute approximate surface area is 199 Å². The number of methoxy groups -OCH3 is 1. The molecule has 0 radical (unpaired) electrons. The van der Waals surface area contributed by atoms with E-state index in [-0.39, 0.29) is 12.2 Å². The minimum absolute atomic E-state index is 0.214. The number of fused-ring (bicyclic) bond motifs is 1. The molecule has 1 fully saturated rings. The third kappa shape index (κ3) is 4.07. The molecule has 2 atom stereocenters. The number of anilines is 1. The van der Waals surface area contributed by atoms with E-state index < -0.39 is 0 Å². The van der Waals surface area contributed by atoms with Crippen LogP contribution in [0.5, 0.6) is 5.75 Å². The minimum Gasteiger partial charge on any atom is -0.495 e. The quantitative estimate of drug-likeness (QED) is 0.411. The first-order chi connectivity index (χ1) is 16.6. The number of nitrogens with zero attached hydrogens (tertiary/aromatic N) is 4. The molecule has 4 aromatic rings. The molecule has 0 aliphatic carbocycles. The molecule has 170 valence electrons. The third-order valence-corrected chi connectivity index (χ3v) is 6.22. The van der Waals surface area contributed by atoms with Gasteiger partial charge < -0.3 is 14.4 Å². The highest BCUT2D eigenvalue weighted by Crippen LogP contribution is 2.38. The van der Waals surface area contributed by atoms with E-state index >= 15 is 0 Å². The molecule has 3 heterocycles. The van der Waals surface area contributed by atoms with Gasteiger partial charge in [-0.1, -0.05) is 24.3 Å². The van der Waals surface area contributed by atoms with Crippen LogP contribution in [-0.2, 0) is 4.74 Å². The van der Waals surface area contributed by atoms with Gasteiger partial charge in [0.2, 0.25) is 0 Å². The molecule has 1 saturated heterocycles. The number of ether oxygens (including phenoxy) is 2. The Morgan fingerprint density at radius 1 is 0.912 bits per heavy atom. The second-order valence-electron chi connectivity index (χ2n) is 8.69. The highest BCUT2D eigenvalue weighted by atomic mass is 16.5. The van der Waals surface area contributed by atoms with Crippen LogP contribution in [0.4, 0.5) is 5.69 Å². The van der Waals surface area contributed by atoms with Crippen molar-refractivity contribution < 1.29 is 9.47 Å². The lowest BCUT2D eigenvalue weighted by atomic mass is 10.00. The topological polar surface area (TPSA) is 71.3 Å². The number of rotatable bonds is 4. The zero-order valence-electron chi connectivity index (χ0n) is 19.5. The molecule has 0 unspecified atom stereocenters. The zero-order chi connectivity index (χ0) is 23.7. The Morgan fingerprint density at radius 2 is 1.56 bits per heavy atom. The third-order valence-electron chi connectivity index (χ3n) is 6.22. The van der Waals surface area contributed by atoms with Crippen LogP contribution in [0.1, 0.15) is 19.4 Å². The Morgan fingerprint density at radius 3 is 2.21 bits per heavy atom. The molecule has 1 aliphatic heterocycles. The molecule has 0 saturated carbocycles. The zero-order valence-corrected chi connectivity index (χ0v) is 19.5. The fourth-order valence-corrected chi connectivity index (χ4v) is 4.69. The lowest BCUT2D eigenvalue weighted by Crippen LogP contribution is -2.45. The Hall–Kier alpha value is -3.95. The first-order valence-corrected chi connectivity index (χ1v) is 11.4. The van der Waals surface area contributed by atoms with E-state index in [2.05, 4.69) is 54.1 Å². The number of benzene rings is 2. The van der Waals surface area contributed by atoms with Crippen LogP contribution in [0.15, 0.2) is 67.1 Å². The van der Waals surface area contributed by atoms with Crippen molar-refractivity contribution in [2.45, 2.75) is 26.1 Å². The van der Waals surface area contributed by atoms with Gasteiger partial charge in [-0.15, -0.1) is 0 Å². The highest BCUT2D eigenvalue weighted by Gasteiger charge is 2.22. The summed E-state index contributed by atoms with van der Waals surface area (Å²) in [5, 5.41) is 9.94. The summed E-state index contributed by atoms with van der Waals surface area (Å²) in [6.07, 6.45) is 5.89. The monoisotopic (exact) mass is 450 g/mol. The molecule has 5 rings (SSSR count). The van der Waals surface area contributed by atoms with Crippen molar-refractivity contribution in [1.29, 1.82) is 5.26 Å². The molecule has 0 spiro atoms. The predicted molar refractivity (Wildman–Crippen MR) is 134 cm³/mol. The van der Waals surface area contributed by atoms with Crippen molar-refractivity contribution >= 4 is 16.6 Å². The van der Waals surface area contributed by atoms with Crippen LogP contribution in [-0.4, -0.2) is 42.4 Å². The van der Waals surface area contributed by atoms with Gasteiger partial charge in [0.1, 0.15) is 5.75 Å². The molecule has 2 aromatic carbocycles. The number of hydrogen-bond acceptors (Lipinski definition) is 6. The summed E-state index contributed by atoms with van der Waals surface area (Å²) in [7, 11) is 1.68.